The van der Waals surface area contributed by atoms with Gasteiger partial charge in [-0.3, -0.25) is 4.79 Å². The molecule has 0 aliphatic heterocycles. The van der Waals surface area contributed by atoms with Crippen molar-refractivity contribution in [2.75, 3.05) is 18.5 Å². The van der Waals surface area contributed by atoms with Crippen molar-refractivity contribution >= 4 is 34.8 Å². The van der Waals surface area contributed by atoms with Crippen LogP contribution in [-0.2, 0) is 14.4 Å². The van der Waals surface area contributed by atoms with E-state index in [1.54, 1.807) is 12.1 Å². The Morgan fingerprint density at radius 1 is 1.35 bits per heavy atom. The monoisotopic (exact) mass is 336 g/mol. The number of aliphatic carboxylic acids is 1. The number of oxime groups is 1. The van der Waals surface area contributed by atoms with Crippen molar-refractivity contribution in [3.63, 3.8) is 0 Å². The second-order valence-corrected chi connectivity index (χ2v) is 4.68. The van der Waals surface area contributed by atoms with Gasteiger partial charge in [0.05, 0.1) is 0 Å². The van der Waals surface area contributed by atoms with Crippen LogP contribution in [0.2, 0.25) is 0 Å². The summed E-state index contributed by atoms with van der Waals surface area (Å²) in [4.78, 5) is 30.2. The Hall–Kier alpha value is -3.01. The summed E-state index contributed by atoms with van der Waals surface area (Å²) in [6, 6.07) is 9.09. The maximum Gasteiger partial charge on any atom is 0.362 e. The molecule has 0 aliphatic carbocycles. The number of amides is 1. The fraction of sp³-hybridized carbons (Fsp3) is 0.154. The van der Waals surface area contributed by atoms with Crippen LogP contribution in [0, 0.1) is 0 Å². The minimum Gasteiger partial charge on any atom is -0.490 e. The molecule has 1 amide bonds. The van der Waals surface area contributed by atoms with Gasteiger partial charge in [0.1, 0.15) is 12.4 Å². The maximum atomic E-state index is 11.1. The van der Waals surface area contributed by atoms with Gasteiger partial charge in [-0.2, -0.15) is 9.36 Å². The molecule has 2 N–H and O–H groups in total. The van der Waals surface area contributed by atoms with E-state index in [1.165, 1.54) is 0 Å². The van der Waals surface area contributed by atoms with E-state index in [0.717, 1.165) is 11.5 Å². The first-order valence-corrected chi connectivity index (χ1v) is 7.13. The van der Waals surface area contributed by atoms with E-state index < -0.39 is 11.7 Å². The van der Waals surface area contributed by atoms with Gasteiger partial charge in [-0.05, 0) is 12.1 Å². The van der Waals surface area contributed by atoms with Gasteiger partial charge in [-0.15, -0.1) is 0 Å². The summed E-state index contributed by atoms with van der Waals surface area (Å²) in [7, 11) is 0. The van der Waals surface area contributed by atoms with Gasteiger partial charge in [-0.25, -0.2) is 4.79 Å². The van der Waals surface area contributed by atoms with E-state index in [2.05, 4.69) is 19.8 Å². The van der Waals surface area contributed by atoms with Crippen LogP contribution in [-0.4, -0.2) is 45.8 Å². The van der Waals surface area contributed by atoms with Gasteiger partial charge in [0.15, 0.2) is 6.61 Å². The van der Waals surface area contributed by atoms with Crippen LogP contribution in [0.1, 0.15) is 5.82 Å². The molecule has 0 saturated heterocycles. The minimum absolute atomic E-state index is 0.0508. The molecule has 23 heavy (non-hydrogen) atoms. The quantitative estimate of drug-likeness (QED) is 0.303. The number of benzene rings is 1. The Balaban J connectivity index is 1.88. The number of aromatic nitrogens is 2. The second-order valence-electron chi connectivity index (χ2n) is 3.93. The molecule has 2 rings (SSSR count). The number of hydrogen-bond acceptors (Lipinski definition) is 8. The molecule has 1 heterocycles. The number of ether oxygens (including phenoxy) is 1. The summed E-state index contributed by atoms with van der Waals surface area (Å²) in [6.07, 6.45) is 0.416. The number of carboxylic acids is 1. The lowest BCUT2D eigenvalue weighted by molar-refractivity contribution is -0.129. The molecular formula is C13H12N4O5S. The molecule has 0 fully saturated rings. The van der Waals surface area contributed by atoms with E-state index in [-0.39, 0.29) is 24.2 Å². The molecule has 120 valence electrons. The second kappa shape index (κ2) is 8.44. The fourth-order valence-corrected chi connectivity index (χ4v) is 1.96. The summed E-state index contributed by atoms with van der Waals surface area (Å²) in [5.74, 6) is -0.815. The number of carbonyl (C=O) groups is 2. The first kappa shape index (κ1) is 16.4. The van der Waals surface area contributed by atoms with E-state index in [9.17, 15) is 9.59 Å². The summed E-state index contributed by atoms with van der Waals surface area (Å²) in [5, 5.41) is 15.0. The highest BCUT2D eigenvalue weighted by Crippen LogP contribution is 2.11. The summed E-state index contributed by atoms with van der Waals surface area (Å²) < 4.78 is 9.16. The van der Waals surface area contributed by atoms with E-state index in [4.69, 9.17) is 14.7 Å². The van der Waals surface area contributed by atoms with Crippen molar-refractivity contribution in [3.8, 4) is 5.75 Å². The molecule has 1 aromatic heterocycles. The molecule has 2 aromatic rings. The average molecular weight is 336 g/mol. The lowest BCUT2D eigenvalue weighted by Crippen LogP contribution is -2.17. The lowest BCUT2D eigenvalue weighted by Gasteiger charge is -2.04. The predicted octanol–water partition coefficient (Wildman–Crippen LogP) is 0.991. The van der Waals surface area contributed by atoms with Crippen molar-refractivity contribution in [1.29, 1.82) is 0 Å². The number of nitrogens with zero attached hydrogens (tertiary/aromatic N) is 3. The normalized spacial score (nSPS) is 10.9. The number of rotatable bonds is 9. The Labute approximate surface area is 134 Å². The highest BCUT2D eigenvalue weighted by Gasteiger charge is 2.19. The SMILES string of the molecule is O=CNc1nc(/C(=N\OCCOc2ccccc2)C(=O)O)ns1. The standard InChI is InChI=1S/C13H12N4O5S/c18-8-14-13-15-11(17-23-13)10(12(19)20)16-22-7-6-21-9-4-2-1-3-5-9/h1-5,8H,6-7H2,(H,19,20)(H,14,15,17,18)/b16-10+. The van der Waals surface area contributed by atoms with Gasteiger partial charge in [0.25, 0.3) is 0 Å². The van der Waals surface area contributed by atoms with Crippen molar-refractivity contribution in [1.82, 2.24) is 9.36 Å². The van der Waals surface area contributed by atoms with Gasteiger partial charge in [0.2, 0.25) is 23.1 Å². The molecule has 9 nitrogen and oxygen atoms in total. The van der Waals surface area contributed by atoms with Crippen molar-refractivity contribution in [2.45, 2.75) is 0 Å². The third-order valence-corrected chi connectivity index (χ3v) is 3.01. The third-order valence-electron chi connectivity index (χ3n) is 2.37. The zero-order valence-corrected chi connectivity index (χ0v) is 12.5. The largest absolute Gasteiger partial charge is 0.490 e. The zero-order chi connectivity index (χ0) is 16.5. The highest BCUT2D eigenvalue weighted by molar-refractivity contribution is 7.10. The molecule has 0 aliphatic rings. The number of anilines is 1. The van der Waals surface area contributed by atoms with Crippen LogP contribution in [0.25, 0.3) is 0 Å². The fourth-order valence-electron chi connectivity index (χ4n) is 1.43. The van der Waals surface area contributed by atoms with Gasteiger partial charge in [-0.1, -0.05) is 23.4 Å². The van der Waals surface area contributed by atoms with Crippen molar-refractivity contribution in [2.24, 2.45) is 5.16 Å². The van der Waals surface area contributed by atoms with Crippen molar-refractivity contribution in [3.05, 3.63) is 36.2 Å². The lowest BCUT2D eigenvalue weighted by atomic mass is 10.3. The number of hydrogen-bond donors (Lipinski definition) is 2. The summed E-state index contributed by atoms with van der Waals surface area (Å²) in [5.41, 5.74) is -0.458. The van der Waals surface area contributed by atoms with E-state index >= 15 is 0 Å². The molecule has 0 unspecified atom stereocenters. The number of carboxylic acid groups (broad SMARTS) is 1. The van der Waals surface area contributed by atoms with Crippen LogP contribution >= 0.6 is 11.5 Å². The molecule has 0 bridgehead atoms. The van der Waals surface area contributed by atoms with Gasteiger partial charge < -0.3 is 20.0 Å². The molecule has 0 atom stereocenters. The van der Waals surface area contributed by atoms with Gasteiger partial charge >= 0.3 is 5.97 Å². The van der Waals surface area contributed by atoms with E-state index in [1.807, 2.05) is 18.2 Å². The first-order chi connectivity index (χ1) is 11.2. The van der Waals surface area contributed by atoms with Crippen molar-refractivity contribution < 1.29 is 24.3 Å². The highest BCUT2D eigenvalue weighted by atomic mass is 32.1. The molecule has 0 saturated carbocycles. The number of carbonyl (C=O) groups excluding carboxylic acids is 1. The topological polar surface area (TPSA) is 123 Å². The number of nitrogens with one attached hydrogen (secondary N) is 1. The van der Waals surface area contributed by atoms with Crippen LogP contribution in [0.15, 0.2) is 35.5 Å². The summed E-state index contributed by atoms with van der Waals surface area (Å²) >= 11 is 0.833. The zero-order valence-electron chi connectivity index (χ0n) is 11.7. The molecule has 10 heteroatoms. The molecule has 0 radical (unpaired) electrons. The minimum atomic E-state index is -1.34. The Bertz CT molecular complexity index is 689. The predicted molar refractivity (Wildman–Crippen MR) is 81.7 cm³/mol. The summed E-state index contributed by atoms with van der Waals surface area (Å²) in [6.45, 7) is 0.248. The third kappa shape index (κ3) is 5.04. The molecule has 0 spiro atoms. The number of para-hydroxylation sites is 1. The smallest absolute Gasteiger partial charge is 0.362 e. The van der Waals surface area contributed by atoms with Crippen LogP contribution in [0.3, 0.4) is 0 Å². The van der Waals surface area contributed by atoms with Crippen LogP contribution < -0.4 is 10.1 Å². The maximum absolute atomic E-state index is 11.1. The Morgan fingerprint density at radius 3 is 2.83 bits per heavy atom. The molecular weight excluding hydrogens is 324 g/mol. The molecule has 1 aromatic carbocycles. The average Bonchev–Trinajstić information content (AvgIpc) is 3.00. The van der Waals surface area contributed by atoms with E-state index in [0.29, 0.717) is 12.2 Å². The van der Waals surface area contributed by atoms with Crippen LogP contribution in [0.4, 0.5) is 5.13 Å². The van der Waals surface area contributed by atoms with Crippen LogP contribution in [0.5, 0.6) is 5.75 Å². The Kier molecular flexibility index (Phi) is 6.00. The Morgan fingerprint density at radius 2 is 2.13 bits per heavy atom. The first-order valence-electron chi connectivity index (χ1n) is 6.36. The van der Waals surface area contributed by atoms with Gasteiger partial charge in [0, 0.05) is 11.5 Å².